The van der Waals surface area contributed by atoms with Crippen molar-refractivity contribution >= 4 is 5.97 Å². The van der Waals surface area contributed by atoms with Crippen LogP contribution < -0.4 is 0 Å². The van der Waals surface area contributed by atoms with Gasteiger partial charge in [-0.3, -0.25) is 4.79 Å². The van der Waals surface area contributed by atoms with Gasteiger partial charge in [-0.1, -0.05) is 12.8 Å². The molecule has 2 nitrogen and oxygen atoms in total. The number of hydrogen-bond acceptors (Lipinski definition) is 1. The van der Waals surface area contributed by atoms with Crippen LogP contribution in [0.4, 0.5) is 0 Å². The van der Waals surface area contributed by atoms with Crippen molar-refractivity contribution in [3.05, 3.63) is 0 Å². The van der Waals surface area contributed by atoms with E-state index in [4.69, 9.17) is 5.11 Å². The second kappa shape index (κ2) is 3.08. The summed E-state index contributed by atoms with van der Waals surface area (Å²) >= 11 is 0. The summed E-state index contributed by atoms with van der Waals surface area (Å²) in [7, 11) is 0. The van der Waals surface area contributed by atoms with E-state index in [1.54, 1.807) is 0 Å². The van der Waals surface area contributed by atoms with Crippen LogP contribution in [-0.2, 0) is 4.79 Å². The molecular formula is C10H16O2. The maximum atomic E-state index is 11.0. The molecule has 0 unspecified atom stereocenters. The number of carboxylic acid groups (broad SMARTS) is 1. The summed E-state index contributed by atoms with van der Waals surface area (Å²) in [6, 6.07) is 0. The van der Waals surface area contributed by atoms with Gasteiger partial charge in [0, 0.05) is 0 Å². The fourth-order valence-electron chi connectivity index (χ4n) is 3.08. The first-order chi connectivity index (χ1) is 5.79. The minimum atomic E-state index is -0.538. The average Bonchev–Trinajstić information content (AvgIpc) is 2.02. The number of fused-ring (bicyclic) bond motifs is 2. The quantitative estimate of drug-likeness (QED) is 0.652. The van der Waals surface area contributed by atoms with Gasteiger partial charge in [0.05, 0.1) is 5.92 Å². The first-order valence-corrected chi connectivity index (χ1v) is 5.02. The Morgan fingerprint density at radius 3 is 1.67 bits per heavy atom. The Morgan fingerprint density at radius 2 is 1.42 bits per heavy atom. The zero-order chi connectivity index (χ0) is 8.55. The molecule has 0 radical (unpaired) electrons. The molecular weight excluding hydrogens is 152 g/mol. The molecule has 2 aliphatic rings. The van der Waals surface area contributed by atoms with Crippen LogP contribution in [0.3, 0.4) is 0 Å². The molecule has 0 atom stereocenters. The minimum absolute atomic E-state index is 0.00694. The van der Waals surface area contributed by atoms with E-state index in [1.807, 2.05) is 0 Å². The molecule has 2 rings (SSSR count). The number of hydrogen-bond donors (Lipinski definition) is 1. The highest BCUT2D eigenvalue weighted by Gasteiger charge is 2.40. The standard InChI is InChI=1S/C10H16O2/c11-10(12)9-7-3-1-4-8(9)6-2-5-7/h7-9H,1-6H2,(H,11,12). The number of aliphatic carboxylic acids is 1. The predicted octanol–water partition coefficient (Wildman–Crippen LogP) is 2.29. The molecule has 0 aliphatic heterocycles. The van der Waals surface area contributed by atoms with Gasteiger partial charge in [-0.2, -0.15) is 0 Å². The van der Waals surface area contributed by atoms with Gasteiger partial charge >= 0.3 is 5.97 Å². The molecule has 0 heterocycles. The second-order valence-electron chi connectivity index (χ2n) is 4.25. The normalized spacial score (nSPS) is 40.8. The van der Waals surface area contributed by atoms with Gasteiger partial charge in [-0.15, -0.1) is 0 Å². The van der Waals surface area contributed by atoms with Crippen molar-refractivity contribution in [2.75, 3.05) is 0 Å². The maximum Gasteiger partial charge on any atom is 0.307 e. The lowest BCUT2D eigenvalue weighted by Gasteiger charge is -2.39. The molecule has 2 heteroatoms. The lowest BCUT2D eigenvalue weighted by Crippen LogP contribution is -2.37. The van der Waals surface area contributed by atoms with Gasteiger partial charge in [0.1, 0.15) is 0 Å². The maximum absolute atomic E-state index is 11.0. The molecule has 0 spiro atoms. The molecule has 2 bridgehead atoms. The van der Waals surface area contributed by atoms with E-state index in [1.165, 1.54) is 12.8 Å². The lowest BCUT2D eigenvalue weighted by molar-refractivity contribution is -0.149. The highest BCUT2D eigenvalue weighted by molar-refractivity contribution is 5.71. The van der Waals surface area contributed by atoms with Crippen LogP contribution in [-0.4, -0.2) is 11.1 Å². The van der Waals surface area contributed by atoms with Crippen molar-refractivity contribution in [2.45, 2.75) is 38.5 Å². The van der Waals surface area contributed by atoms with E-state index < -0.39 is 5.97 Å². The first kappa shape index (κ1) is 8.09. The van der Waals surface area contributed by atoms with Crippen molar-refractivity contribution in [3.8, 4) is 0 Å². The van der Waals surface area contributed by atoms with Crippen molar-refractivity contribution in [1.29, 1.82) is 0 Å². The molecule has 0 aromatic carbocycles. The van der Waals surface area contributed by atoms with Crippen molar-refractivity contribution in [3.63, 3.8) is 0 Å². The van der Waals surface area contributed by atoms with E-state index in [2.05, 4.69) is 0 Å². The zero-order valence-electron chi connectivity index (χ0n) is 7.33. The molecule has 1 N–H and O–H groups in total. The summed E-state index contributed by atoms with van der Waals surface area (Å²) in [6.45, 7) is 0. The van der Waals surface area contributed by atoms with Crippen LogP contribution in [0.5, 0.6) is 0 Å². The molecule has 2 fully saturated rings. The summed E-state index contributed by atoms with van der Waals surface area (Å²) in [4.78, 5) is 11.0. The fourth-order valence-corrected chi connectivity index (χ4v) is 3.08. The zero-order valence-corrected chi connectivity index (χ0v) is 7.33. The van der Waals surface area contributed by atoms with Gasteiger partial charge in [0.15, 0.2) is 0 Å². The fraction of sp³-hybridized carbons (Fsp3) is 0.900. The number of carbonyl (C=O) groups is 1. The highest BCUT2D eigenvalue weighted by Crippen LogP contribution is 2.44. The molecule has 0 amide bonds. The van der Waals surface area contributed by atoms with Crippen LogP contribution in [0.15, 0.2) is 0 Å². The molecule has 2 saturated carbocycles. The highest BCUT2D eigenvalue weighted by atomic mass is 16.4. The van der Waals surface area contributed by atoms with Gasteiger partial charge < -0.3 is 5.11 Å². The largest absolute Gasteiger partial charge is 0.481 e. The van der Waals surface area contributed by atoms with E-state index in [0.29, 0.717) is 11.8 Å². The average molecular weight is 168 g/mol. The molecule has 0 aromatic heterocycles. The minimum Gasteiger partial charge on any atom is -0.481 e. The Morgan fingerprint density at radius 1 is 1.00 bits per heavy atom. The van der Waals surface area contributed by atoms with Crippen molar-refractivity contribution < 1.29 is 9.90 Å². The summed E-state index contributed by atoms with van der Waals surface area (Å²) in [5.74, 6) is 0.488. The van der Waals surface area contributed by atoms with Crippen LogP contribution in [0.1, 0.15) is 38.5 Å². The Bertz CT molecular complexity index is 166. The smallest absolute Gasteiger partial charge is 0.307 e. The van der Waals surface area contributed by atoms with E-state index in [0.717, 1.165) is 25.7 Å². The summed E-state index contributed by atoms with van der Waals surface area (Å²) in [5, 5.41) is 9.04. The van der Waals surface area contributed by atoms with Gasteiger partial charge in [-0.05, 0) is 37.5 Å². The third-order valence-corrected chi connectivity index (χ3v) is 3.60. The predicted molar refractivity (Wildman–Crippen MR) is 45.8 cm³/mol. The first-order valence-electron chi connectivity index (χ1n) is 5.02. The van der Waals surface area contributed by atoms with E-state index in [-0.39, 0.29) is 5.92 Å². The van der Waals surface area contributed by atoms with Crippen molar-refractivity contribution in [1.82, 2.24) is 0 Å². The SMILES string of the molecule is O=C(O)C1C2CCCC1CCC2. The Hall–Kier alpha value is -0.530. The summed E-state index contributed by atoms with van der Waals surface area (Å²) in [5.41, 5.74) is 0. The van der Waals surface area contributed by atoms with Crippen molar-refractivity contribution in [2.24, 2.45) is 17.8 Å². The summed E-state index contributed by atoms with van der Waals surface area (Å²) in [6.07, 6.45) is 7.17. The molecule has 0 saturated heterocycles. The molecule has 68 valence electrons. The third kappa shape index (κ3) is 1.23. The molecule has 0 aromatic rings. The monoisotopic (exact) mass is 168 g/mol. The molecule has 12 heavy (non-hydrogen) atoms. The number of rotatable bonds is 1. The lowest BCUT2D eigenvalue weighted by atomic mass is 9.65. The van der Waals surface area contributed by atoms with Gasteiger partial charge in [-0.25, -0.2) is 0 Å². The Kier molecular flexibility index (Phi) is 2.07. The van der Waals surface area contributed by atoms with Crippen LogP contribution in [0.25, 0.3) is 0 Å². The van der Waals surface area contributed by atoms with Gasteiger partial charge in [0.25, 0.3) is 0 Å². The van der Waals surface area contributed by atoms with E-state index in [9.17, 15) is 4.79 Å². The van der Waals surface area contributed by atoms with E-state index >= 15 is 0 Å². The summed E-state index contributed by atoms with van der Waals surface area (Å²) < 4.78 is 0. The third-order valence-electron chi connectivity index (χ3n) is 3.60. The molecule has 2 aliphatic carbocycles. The Balaban J connectivity index is 2.13. The topological polar surface area (TPSA) is 37.3 Å². The second-order valence-corrected chi connectivity index (χ2v) is 4.25. The van der Waals surface area contributed by atoms with Crippen LogP contribution in [0.2, 0.25) is 0 Å². The van der Waals surface area contributed by atoms with Gasteiger partial charge in [0.2, 0.25) is 0 Å². The Labute approximate surface area is 73.0 Å². The van der Waals surface area contributed by atoms with Crippen LogP contribution in [0, 0.1) is 17.8 Å². The van der Waals surface area contributed by atoms with Crippen LogP contribution >= 0.6 is 0 Å². The number of carboxylic acids is 1.